The van der Waals surface area contributed by atoms with Crippen LogP contribution in [0.15, 0.2) is 21.1 Å². The van der Waals surface area contributed by atoms with Gasteiger partial charge in [0.2, 0.25) is 0 Å². The third-order valence-corrected chi connectivity index (χ3v) is 3.65. The van der Waals surface area contributed by atoms with E-state index in [-0.39, 0.29) is 6.61 Å². The Hall–Kier alpha value is -0.140. The van der Waals surface area contributed by atoms with Crippen molar-refractivity contribution in [2.24, 2.45) is 0 Å². The van der Waals surface area contributed by atoms with E-state index < -0.39 is 0 Å². The monoisotopic (exact) mass is 395 g/mol. The lowest BCUT2D eigenvalue weighted by Gasteiger charge is -2.10. The van der Waals surface area contributed by atoms with Crippen LogP contribution >= 0.6 is 31.9 Å². The molecule has 19 heavy (non-hydrogen) atoms. The van der Waals surface area contributed by atoms with Crippen molar-refractivity contribution < 1.29 is 14.6 Å². The average Bonchev–Trinajstić information content (AvgIpc) is 2.37. The van der Waals surface area contributed by atoms with Gasteiger partial charge in [-0.15, -0.1) is 0 Å². The molecule has 0 fully saturated rings. The maximum Gasteiger partial charge on any atom is 0.147 e. The van der Waals surface area contributed by atoms with E-state index in [4.69, 9.17) is 14.6 Å². The SMILES string of the molecule is COc1c(Br)cc(CNCCCOCCO)cc1Br. The van der Waals surface area contributed by atoms with Crippen LogP contribution in [0.2, 0.25) is 0 Å². The molecule has 1 aromatic rings. The van der Waals surface area contributed by atoms with E-state index in [1.54, 1.807) is 7.11 Å². The molecule has 0 aliphatic heterocycles. The van der Waals surface area contributed by atoms with Crippen molar-refractivity contribution in [2.75, 3.05) is 33.5 Å². The summed E-state index contributed by atoms with van der Waals surface area (Å²) in [5.74, 6) is 0.807. The second-order valence-corrected chi connectivity index (χ2v) is 5.67. The van der Waals surface area contributed by atoms with Gasteiger partial charge in [0.15, 0.2) is 0 Å². The first-order valence-electron chi connectivity index (χ1n) is 6.10. The zero-order valence-corrected chi connectivity index (χ0v) is 14.1. The summed E-state index contributed by atoms with van der Waals surface area (Å²) in [5, 5.41) is 11.9. The van der Waals surface area contributed by atoms with E-state index in [0.29, 0.717) is 13.2 Å². The fourth-order valence-corrected chi connectivity index (χ4v) is 3.21. The van der Waals surface area contributed by atoms with E-state index in [1.165, 1.54) is 5.56 Å². The van der Waals surface area contributed by atoms with Gasteiger partial charge >= 0.3 is 0 Å². The second-order valence-electron chi connectivity index (χ2n) is 3.96. The van der Waals surface area contributed by atoms with Crippen molar-refractivity contribution in [3.8, 4) is 5.75 Å². The molecular weight excluding hydrogens is 378 g/mol. The van der Waals surface area contributed by atoms with E-state index in [0.717, 1.165) is 34.2 Å². The van der Waals surface area contributed by atoms with Crippen LogP contribution < -0.4 is 10.1 Å². The Morgan fingerprint density at radius 1 is 1.21 bits per heavy atom. The Morgan fingerprint density at radius 3 is 2.47 bits per heavy atom. The lowest BCUT2D eigenvalue weighted by molar-refractivity contribution is 0.0907. The number of aliphatic hydroxyl groups is 1. The third-order valence-electron chi connectivity index (χ3n) is 2.47. The summed E-state index contributed by atoms with van der Waals surface area (Å²) in [6, 6.07) is 4.08. The molecule has 0 spiro atoms. The van der Waals surface area contributed by atoms with Crippen LogP contribution in [-0.2, 0) is 11.3 Å². The summed E-state index contributed by atoms with van der Waals surface area (Å²) < 4.78 is 12.3. The first kappa shape index (κ1) is 16.9. The lowest BCUT2D eigenvalue weighted by Crippen LogP contribution is -2.16. The smallest absolute Gasteiger partial charge is 0.147 e. The molecule has 0 heterocycles. The number of ether oxygens (including phenoxy) is 2. The normalized spacial score (nSPS) is 10.7. The molecule has 0 bridgehead atoms. The third kappa shape index (κ3) is 6.23. The molecule has 0 radical (unpaired) electrons. The largest absolute Gasteiger partial charge is 0.494 e. The first-order chi connectivity index (χ1) is 9.19. The van der Waals surface area contributed by atoms with E-state index >= 15 is 0 Å². The molecule has 0 saturated heterocycles. The number of halogens is 2. The molecule has 4 nitrogen and oxygen atoms in total. The fourth-order valence-electron chi connectivity index (χ4n) is 1.61. The highest BCUT2D eigenvalue weighted by Gasteiger charge is 2.07. The van der Waals surface area contributed by atoms with Crippen LogP contribution in [-0.4, -0.2) is 38.6 Å². The molecule has 6 heteroatoms. The van der Waals surface area contributed by atoms with Gasteiger partial charge < -0.3 is 19.9 Å². The predicted molar refractivity (Wildman–Crippen MR) is 82.6 cm³/mol. The van der Waals surface area contributed by atoms with Gasteiger partial charge in [-0.25, -0.2) is 0 Å². The van der Waals surface area contributed by atoms with Crippen LogP contribution in [0.4, 0.5) is 0 Å². The number of rotatable bonds is 9. The van der Waals surface area contributed by atoms with Gasteiger partial charge in [-0.2, -0.15) is 0 Å². The lowest BCUT2D eigenvalue weighted by atomic mass is 10.2. The zero-order chi connectivity index (χ0) is 14.1. The van der Waals surface area contributed by atoms with Crippen LogP contribution in [0.3, 0.4) is 0 Å². The van der Waals surface area contributed by atoms with Gasteiger partial charge in [0, 0.05) is 13.2 Å². The summed E-state index contributed by atoms with van der Waals surface area (Å²) >= 11 is 6.97. The van der Waals surface area contributed by atoms with Gasteiger partial charge in [0.05, 0.1) is 29.3 Å². The van der Waals surface area contributed by atoms with Crippen LogP contribution in [0.25, 0.3) is 0 Å². The standard InChI is InChI=1S/C13H19Br2NO3/c1-18-13-11(14)7-10(8-12(13)15)9-16-3-2-5-19-6-4-17/h7-8,16-17H,2-6,9H2,1H3. The summed E-state index contributed by atoms with van der Waals surface area (Å²) in [5.41, 5.74) is 1.18. The maximum absolute atomic E-state index is 8.55. The predicted octanol–water partition coefficient (Wildman–Crippen LogP) is 2.71. The first-order valence-corrected chi connectivity index (χ1v) is 7.69. The van der Waals surface area contributed by atoms with Gasteiger partial charge in [0.1, 0.15) is 5.75 Å². The average molecular weight is 397 g/mol. The quantitative estimate of drug-likeness (QED) is 0.630. The van der Waals surface area contributed by atoms with Gasteiger partial charge in [-0.05, 0) is 62.5 Å². The van der Waals surface area contributed by atoms with E-state index in [9.17, 15) is 0 Å². The van der Waals surface area contributed by atoms with Crippen molar-refractivity contribution in [3.63, 3.8) is 0 Å². The Labute approximate surface area is 130 Å². The van der Waals surface area contributed by atoms with Gasteiger partial charge in [-0.3, -0.25) is 0 Å². The number of aliphatic hydroxyl groups excluding tert-OH is 1. The minimum Gasteiger partial charge on any atom is -0.494 e. The van der Waals surface area contributed by atoms with Crippen molar-refractivity contribution in [1.82, 2.24) is 5.32 Å². The highest BCUT2D eigenvalue weighted by molar-refractivity contribution is 9.11. The molecule has 1 rings (SSSR count). The maximum atomic E-state index is 8.55. The fraction of sp³-hybridized carbons (Fsp3) is 0.538. The molecule has 2 N–H and O–H groups in total. The Kier molecular flexibility index (Phi) is 8.65. The van der Waals surface area contributed by atoms with Gasteiger partial charge in [-0.1, -0.05) is 0 Å². The minimum absolute atomic E-state index is 0.0847. The summed E-state index contributed by atoms with van der Waals surface area (Å²) in [4.78, 5) is 0. The topological polar surface area (TPSA) is 50.7 Å². The highest BCUT2D eigenvalue weighted by atomic mass is 79.9. The second kappa shape index (κ2) is 9.72. The van der Waals surface area contributed by atoms with Crippen molar-refractivity contribution in [1.29, 1.82) is 0 Å². The number of methoxy groups -OCH3 is 1. The molecule has 0 aliphatic carbocycles. The minimum atomic E-state index is 0.0847. The number of benzene rings is 1. The number of hydrogen-bond donors (Lipinski definition) is 2. The van der Waals surface area contributed by atoms with Crippen LogP contribution in [0, 0.1) is 0 Å². The summed E-state index contributed by atoms with van der Waals surface area (Å²) in [7, 11) is 1.65. The Morgan fingerprint density at radius 2 is 1.89 bits per heavy atom. The molecule has 0 aromatic heterocycles. The summed E-state index contributed by atoms with van der Waals surface area (Å²) in [6.07, 6.45) is 0.929. The molecular formula is C13H19Br2NO3. The number of hydrogen-bond acceptors (Lipinski definition) is 4. The van der Waals surface area contributed by atoms with Crippen LogP contribution in [0.1, 0.15) is 12.0 Å². The molecule has 0 saturated carbocycles. The number of nitrogens with one attached hydrogen (secondary N) is 1. The Balaban J connectivity index is 2.30. The van der Waals surface area contributed by atoms with Crippen molar-refractivity contribution in [2.45, 2.75) is 13.0 Å². The Bertz CT molecular complexity index is 365. The van der Waals surface area contributed by atoms with Crippen molar-refractivity contribution >= 4 is 31.9 Å². The molecule has 1 aromatic carbocycles. The highest BCUT2D eigenvalue weighted by Crippen LogP contribution is 2.34. The molecule has 0 amide bonds. The van der Waals surface area contributed by atoms with Crippen molar-refractivity contribution in [3.05, 3.63) is 26.6 Å². The molecule has 0 atom stereocenters. The van der Waals surface area contributed by atoms with E-state index in [2.05, 4.69) is 37.2 Å². The summed E-state index contributed by atoms with van der Waals surface area (Å²) in [6.45, 7) is 2.84. The zero-order valence-electron chi connectivity index (χ0n) is 10.9. The molecule has 108 valence electrons. The van der Waals surface area contributed by atoms with Gasteiger partial charge in [0.25, 0.3) is 0 Å². The van der Waals surface area contributed by atoms with E-state index in [1.807, 2.05) is 12.1 Å². The molecule has 0 aliphatic rings. The van der Waals surface area contributed by atoms with Crippen LogP contribution in [0.5, 0.6) is 5.75 Å². The molecule has 0 unspecified atom stereocenters.